The third-order valence-electron chi connectivity index (χ3n) is 14.2. The molecule has 0 aliphatic carbocycles. The van der Waals surface area contributed by atoms with Crippen LogP contribution >= 0.6 is 0 Å². The van der Waals surface area contributed by atoms with Crippen molar-refractivity contribution in [2.45, 2.75) is 348 Å². The number of hydrogen-bond acceptors (Lipinski definition) is 6. The van der Waals surface area contributed by atoms with E-state index in [1.165, 1.54) is 238 Å². The normalized spacial score (nSPS) is 12.4. The maximum Gasteiger partial charge on any atom is 0.306 e. The van der Waals surface area contributed by atoms with Gasteiger partial charge in [0.15, 0.2) is 6.10 Å². The lowest BCUT2D eigenvalue weighted by Gasteiger charge is -2.18. The van der Waals surface area contributed by atoms with Crippen molar-refractivity contribution < 1.29 is 28.6 Å². The average Bonchev–Trinajstić information content (AvgIpc) is 3.32. The summed E-state index contributed by atoms with van der Waals surface area (Å²) < 4.78 is 16.9. The van der Waals surface area contributed by atoms with E-state index in [-0.39, 0.29) is 31.1 Å². The highest BCUT2D eigenvalue weighted by Crippen LogP contribution is 2.19. The fourth-order valence-corrected chi connectivity index (χ4v) is 9.25. The predicted octanol–water partition coefficient (Wildman–Crippen LogP) is 19.8. The van der Waals surface area contributed by atoms with E-state index < -0.39 is 6.10 Å². The van der Waals surface area contributed by atoms with Gasteiger partial charge in [-0.05, 0) is 25.2 Å². The lowest BCUT2D eigenvalue weighted by molar-refractivity contribution is -0.167. The SMILES string of the molecule is CCCCCCCCCCCCCCCCCC(=O)OC[C@H](COC(=O)CCCCCCCCCCCCCCCCC(C)CC)OC(=O)CCCCCCCCCCCCCCCCC. The number of carbonyl (C=O) groups excluding carboxylic acids is 3. The molecule has 0 aliphatic rings. The number of unbranched alkanes of at least 4 members (excludes halogenated alkanes) is 41. The summed E-state index contributed by atoms with van der Waals surface area (Å²) in [7, 11) is 0. The predicted molar refractivity (Wildman–Crippen MR) is 284 cm³/mol. The number of ether oxygens (including phenoxy) is 3. The smallest absolute Gasteiger partial charge is 0.306 e. The Balaban J connectivity index is 4.29. The molecule has 0 saturated carbocycles. The van der Waals surface area contributed by atoms with Crippen LogP contribution < -0.4 is 0 Å². The summed E-state index contributed by atoms with van der Waals surface area (Å²) >= 11 is 0. The van der Waals surface area contributed by atoms with Crippen molar-refractivity contribution in [3.8, 4) is 0 Å². The van der Waals surface area contributed by atoms with Crippen molar-refractivity contribution in [1.29, 1.82) is 0 Å². The van der Waals surface area contributed by atoms with Crippen LogP contribution in [-0.4, -0.2) is 37.2 Å². The van der Waals surface area contributed by atoms with Crippen LogP contribution in [0.5, 0.6) is 0 Å². The van der Waals surface area contributed by atoms with Crippen molar-refractivity contribution in [2.75, 3.05) is 13.2 Å². The lowest BCUT2D eigenvalue weighted by atomic mass is 9.99. The fraction of sp³-hybridized carbons (Fsp3) is 0.950. The molecule has 66 heavy (non-hydrogen) atoms. The van der Waals surface area contributed by atoms with E-state index in [0.717, 1.165) is 63.7 Å². The Hall–Kier alpha value is -1.59. The molecule has 2 atom stereocenters. The molecular weight excluding hydrogens is 817 g/mol. The maximum absolute atomic E-state index is 12.9. The summed E-state index contributed by atoms with van der Waals surface area (Å²) in [6.07, 6.45) is 59.4. The Morgan fingerprint density at radius 1 is 0.303 bits per heavy atom. The molecule has 0 amide bonds. The number of hydrogen-bond donors (Lipinski definition) is 0. The first-order valence-corrected chi connectivity index (χ1v) is 29.9. The van der Waals surface area contributed by atoms with E-state index in [0.29, 0.717) is 19.3 Å². The van der Waals surface area contributed by atoms with E-state index in [1.807, 2.05) is 0 Å². The van der Waals surface area contributed by atoms with Gasteiger partial charge in [-0.25, -0.2) is 0 Å². The molecule has 0 saturated heterocycles. The second-order valence-electron chi connectivity index (χ2n) is 20.9. The zero-order valence-corrected chi connectivity index (χ0v) is 45.2. The molecule has 0 aliphatic heterocycles. The van der Waals surface area contributed by atoms with Gasteiger partial charge in [0, 0.05) is 19.3 Å². The Bertz CT molecular complexity index is 998. The topological polar surface area (TPSA) is 78.9 Å². The van der Waals surface area contributed by atoms with Gasteiger partial charge in [-0.15, -0.1) is 0 Å². The van der Waals surface area contributed by atoms with Gasteiger partial charge in [0.2, 0.25) is 0 Å². The number of esters is 3. The van der Waals surface area contributed by atoms with E-state index in [1.54, 1.807) is 0 Å². The molecule has 0 aromatic heterocycles. The minimum Gasteiger partial charge on any atom is -0.462 e. The van der Waals surface area contributed by atoms with Crippen molar-refractivity contribution in [3.63, 3.8) is 0 Å². The molecule has 0 aromatic rings. The average molecular weight is 934 g/mol. The van der Waals surface area contributed by atoms with Crippen LogP contribution in [0.15, 0.2) is 0 Å². The molecule has 0 bridgehead atoms. The molecule has 0 heterocycles. The Morgan fingerprint density at radius 3 is 0.788 bits per heavy atom. The van der Waals surface area contributed by atoms with Gasteiger partial charge in [-0.2, -0.15) is 0 Å². The second-order valence-corrected chi connectivity index (χ2v) is 20.9. The molecule has 0 radical (unpaired) electrons. The van der Waals surface area contributed by atoms with Gasteiger partial charge in [-0.1, -0.05) is 304 Å². The maximum atomic E-state index is 12.9. The summed E-state index contributed by atoms with van der Waals surface area (Å²) in [5, 5.41) is 0. The van der Waals surface area contributed by atoms with E-state index >= 15 is 0 Å². The van der Waals surface area contributed by atoms with Crippen molar-refractivity contribution in [1.82, 2.24) is 0 Å². The Labute approximate surface area is 412 Å². The molecule has 0 fully saturated rings. The quantitative estimate of drug-likeness (QED) is 0.0343. The summed E-state index contributed by atoms with van der Waals surface area (Å²) in [4.78, 5) is 38.2. The van der Waals surface area contributed by atoms with E-state index in [4.69, 9.17) is 14.2 Å². The number of rotatable bonds is 55. The molecule has 0 rings (SSSR count). The Morgan fingerprint density at radius 2 is 0.530 bits per heavy atom. The first kappa shape index (κ1) is 64.4. The van der Waals surface area contributed by atoms with Crippen molar-refractivity contribution in [2.24, 2.45) is 5.92 Å². The van der Waals surface area contributed by atoms with Gasteiger partial charge >= 0.3 is 17.9 Å². The standard InChI is InChI=1S/C60H116O6/c1-5-8-10-12-14-16-18-20-22-27-31-35-39-43-47-51-58(61)64-54-57(66-60(63)53-49-45-41-37-33-29-23-21-19-17-15-13-11-9-6-2)55-65-59(62)52-48-44-40-36-32-28-25-24-26-30-34-38-42-46-50-56(4)7-3/h56-57H,5-55H2,1-4H3/t56?,57-/m1/s1. The highest BCUT2D eigenvalue weighted by molar-refractivity contribution is 5.71. The van der Waals surface area contributed by atoms with Crippen molar-refractivity contribution in [3.05, 3.63) is 0 Å². The first-order chi connectivity index (χ1) is 32.4. The van der Waals surface area contributed by atoms with Crippen LogP contribution in [0.4, 0.5) is 0 Å². The number of carbonyl (C=O) groups is 3. The van der Waals surface area contributed by atoms with Crippen LogP contribution in [0.25, 0.3) is 0 Å². The molecule has 392 valence electrons. The summed E-state index contributed by atoms with van der Waals surface area (Å²) in [6.45, 7) is 9.11. The third-order valence-corrected chi connectivity index (χ3v) is 14.2. The minimum absolute atomic E-state index is 0.0615. The van der Waals surface area contributed by atoms with Crippen LogP contribution in [0.3, 0.4) is 0 Å². The van der Waals surface area contributed by atoms with Gasteiger partial charge < -0.3 is 14.2 Å². The van der Waals surface area contributed by atoms with Gasteiger partial charge in [-0.3, -0.25) is 14.4 Å². The van der Waals surface area contributed by atoms with Gasteiger partial charge in [0.25, 0.3) is 0 Å². The monoisotopic (exact) mass is 933 g/mol. The van der Waals surface area contributed by atoms with E-state index in [2.05, 4.69) is 27.7 Å². The van der Waals surface area contributed by atoms with Crippen LogP contribution in [0, 0.1) is 5.92 Å². The summed E-state index contributed by atoms with van der Waals surface area (Å²) in [5.74, 6) is 0.0638. The molecule has 1 unspecified atom stereocenters. The molecular formula is C60H116O6. The van der Waals surface area contributed by atoms with Crippen LogP contribution in [0.2, 0.25) is 0 Å². The zero-order valence-electron chi connectivity index (χ0n) is 45.2. The zero-order chi connectivity index (χ0) is 48.1. The Kier molecular flexibility index (Phi) is 53.0. The van der Waals surface area contributed by atoms with Gasteiger partial charge in [0.1, 0.15) is 13.2 Å². The largest absolute Gasteiger partial charge is 0.462 e. The fourth-order valence-electron chi connectivity index (χ4n) is 9.25. The molecule has 6 nitrogen and oxygen atoms in total. The highest BCUT2D eigenvalue weighted by Gasteiger charge is 2.19. The van der Waals surface area contributed by atoms with Crippen molar-refractivity contribution >= 4 is 17.9 Å². The third kappa shape index (κ3) is 51.8. The first-order valence-electron chi connectivity index (χ1n) is 29.9. The summed E-state index contributed by atoms with van der Waals surface area (Å²) in [6, 6.07) is 0. The second kappa shape index (κ2) is 54.4. The molecule has 0 spiro atoms. The van der Waals surface area contributed by atoms with E-state index in [9.17, 15) is 14.4 Å². The minimum atomic E-state index is -0.762. The lowest BCUT2D eigenvalue weighted by Crippen LogP contribution is -2.30. The molecule has 0 N–H and O–H groups in total. The molecule has 0 aromatic carbocycles. The summed E-state index contributed by atoms with van der Waals surface area (Å²) in [5.41, 5.74) is 0. The van der Waals surface area contributed by atoms with Crippen LogP contribution in [0.1, 0.15) is 342 Å². The van der Waals surface area contributed by atoms with Gasteiger partial charge in [0.05, 0.1) is 0 Å². The van der Waals surface area contributed by atoms with Crippen LogP contribution in [-0.2, 0) is 28.6 Å². The molecule has 6 heteroatoms. The highest BCUT2D eigenvalue weighted by atomic mass is 16.6.